The molecule has 2 aromatic carbocycles. The first-order valence-electron chi connectivity index (χ1n) is 9.27. The number of imide groups is 1. The highest BCUT2D eigenvalue weighted by Crippen LogP contribution is 2.33. The van der Waals surface area contributed by atoms with Crippen molar-refractivity contribution >= 4 is 34.3 Å². The van der Waals surface area contributed by atoms with Crippen LogP contribution in [0.2, 0.25) is 0 Å². The Labute approximate surface area is 166 Å². The van der Waals surface area contributed by atoms with Gasteiger partial charge in [0.25, 0.3) is 0 Å². The lowest BCUT2D eigenvalue weighted by Gasteiger charge is -2.22. The van der Waals surface area contributed by atoms with Crippen LogP contribution in [0.5, 0.6) is 5.88 Å². The maximum absolute atomic E-state index is 12.1. The van der Waals surface area contributed by atoms with Crippen LogP contribution in [0.25, 0.3) is 10.8 Å². The van der Waals surface area contributed by atoms with Crippen LogP contribution in [-0.4, -0.2) is 27.5 Å². The molecule has 1 aromatic heterocycles. The van der Waals surface area contributed by atoms with E-state index >= 15 is 0 Å². The second-order valence-corrected chi connectivity index (χ2v) is 6.92. The van der Waals surface area contributed by atoms with Crippen molar-refractivity contribution in [1.82, 2.24) is 15.2 Å². The SMILES string of the molecule is O=C1CCC(n2cc3cc(CNC(=O)Nc4ccccc4)ccc3c2O)C(=O)N1. The van der Waals surface area contributed by atoms with Crippen LogP contribution < -0.4 is 16.0 Å². The van der Waals surface area contributed by atoms with Gasteiger partial charge in [-0.25, -0.2) is 4.79 Å². The van der Waals surface area contributed by atoms with Gasteiger partial charge in [-0.05, 0) is 36.2 Å². The van der Waals surface area contributed by atoms with Crippen molar-refractivity contribution in [2.24, 2.45) is 0 Å². The minimum atomic E-state index is -0.627. The van der Waals surface area contributed by atoms with Crippen LogP contribution in [0.1, 0.15) is 24.4 Å². The maximum atomic E-state index is 12.1. The summed E-state index contributed by atoms with van der Waals surface area (Å²) in [6, 6.07) is 13.6. The van der Waals surface area contributed by atoms with Crippen LogP contribution in [0.15, 0.2) is 54.7 Å². The molecule has 2 heterocycles. The van der Waals surface area contributed by atoms with E-state index < -0.39 is 11.9 Å². The standard InChI is InChI=1S/C21H20N4O4/c26-18-9-8-17(19(27)24-18)25-12-14-10-13(6-7-16(14)20(25)28)11-22-21(29)23-15-4-2-1-3-5-15/h1-7,10,12,17,28H,8-9,11H2,(H2,22,23,29)(H,24,26,27). The van der Waals surface area contributed by atoms with Gasteiger partial charge in [0.05, 0.1) is 0 Å². The number of aromatic hydroxyl groups is 1. The number of fused-ring (bicyclic) bond motifs is 1. The molecule has 148 valence electrons. The Morgan fingerprint density at radius 3 is 2.72 bits per heavy atom. The van der Waals surface area contributed by atoms with Gasteiger partial charge in [-0.2, -0.15) is 0 Å². The summed E-state index contributed by atoms with van der Waals surface area (Å²) in [6.07, 6.45) is 2.27. The first kappa shape index (κ1) is 18.5. The van der Waals surface area contributed by atoms with Gasteiger partial charge in [0.2, 0.25) is 11.8 Å². The lowest BCUT2D eigenvalue weighted by atomic mass is 10.1. The highest BCUT2D eigenvalue weighted by atomic mass is 16.3. The molecule has 3 aromatic rings. The summed E-state index contributed by atoms with van der Waals surface area (Å²) in [5.41, 5.74) is 1.55. The number of para-hydroxylation sites is 1. The summed E-state index contributed by atoms with van der Waals surface area (Å²) >= 11 is 0. The number of benzene rings is 2. The number of hydrogen-bond donors (Lipinski definition) is 4. The Bertz CT molecular complexity index is 1090. The molecule has 1 fully saturated rings. The van der Waals surface area contributed by atoms with Crippen molar-refractivity contribution in [3.05, 3.63) is 60.3 Å². The van der Waals surface area contributed by atoms with Gasteiger partial charge < -0.3 is 20.3 Å². The minimum absolute atomic E-state index is 0.0178. The number of hydrogen-bond acceptors (Lipinski definition) is 4. The Hall–Kier alpha value is -3.81. The van der Waals surface area contributed by atoms with E-state index in [1.807, 2.05) is 24.3 Å². The Balaban J connectivity index is 1.47. The zero-order chi connectivity index (χ0) is 20.4. The average Bonchev–Trinajstić information content (AvgIpc) is 3.03. The fourth-order valence-electron chi connectivity index (χ4n) is 3.45. The molecule has 0 radical (unpaired) electrons. The largest absolute Gasteiger partial charge is 0.494 e. The molecule has 8 nitrogen and oxygen atoms in total. The summed E-state index contributed by atoms with van der Waals surface area (Å²) in [6.45, 7) is 0.305. The molecule has 29 heavy (non-hydrogen) atoms. The van der Waals surface area contributed by atoms with E-state index in [1.54, 1.807) is 30.5 Å². The zero-order valence-electron chi connectivity index (χ0n) is 15.5. The summed E-state index contributed by atoms with van der Waals surface area (Å²) in [5, 5.41) is 19.7. The van der Waals surface area contributed by atoms with Crippen molar-refractivity contribution in [3.8, 4) is 5.88 Å². The van der Waals surface area contributed by atoms with Crippen molar-refractivity contribution in [1.29, 1.82) is 0 Å². The second kappa shape index (κ2) is 7.67. The average molecular weight is 392 g/mol. The van der Waals surface area contributed by atoms with E-state index in [-0.39, 0.29) is 24.2 Å². The van der Waals surface area contributed by atoms with Crippen LogP contribution in [0.4, 0.5) is 10.5 Å². The number of urea groups is 1. The van der Waals surface area contributed by atoms with Crippen molar-refractivity contribution in [2.75, 3.05) is 5.32 Å². The maximum Gasteiger partial charge on any atom is 0.319 e. The smallest absolute Gasteiger partial charge is 0.319 e. The molecule has 0 spiro atoms. The monoisotopic (exact) mass is 392 g/mol. The third-order valence-corrected chi connectivity index (χ3v) is 4.91. The molecular weight excluding hydrogens is 372 g/mol. The van der Waals surface area contributed by atoms with E-state index in [2.05, 4.69) is 16.0 Å². The number of amides is 4. The van der Waals surface area contributed by atoms with Gasteiger partial charge in [-0.1, -0.05) is 24.3 Å². The van der Waals surface area contributed by atoms with Crippen molar-refractivity contribution < 1.29 is 19.5 Å². The normalized spacial score (nSPS) is 16.5. The predicted octanol–water partition coefficient (Wildman–Crippen LogP) is 2.65. The van der Waals surface area contributed by atoms with Gasteiger partial charge in [-0.3, -0.25) is 14.9 Å². The lowest BCUT2D eigenvalue weighted by molar-refractivity contribution is -0.135. The Morgan fingerprint density at radius 2 is 1.97 bits per heavy atom. The summed E-state index contributed by atoms with van der Waals surface area (Å²) in [4.78, 5) is 35.5. The fourth-order valence-corrected chi connectivity index (χ4v) is 3.45. The van der Waals surface area contributed by atoms with Crippen molar-refractivity contribution in [2.45, 2.75) is 25.4 Å². The number of carbonyl (C=O) groups excluding carboxylic acids is 3. The molecule has 8 heteroatoms. The quantitative estimate of drug-likeness (QED) is 0.511. The first-order chi connectivity index (χ1) is 14.0. The number of nitrogens with one attached hydrogen (secondary N) is 3. The molecule has 0 saturated carbocycles. The number of nitrogens with zero attached hydrogens (tertiary/aromatic N) is 1. The highest BCUT2D eigenvalue weighted by Gasteiger charge is 2.29. The number of anilines is 1. The molecule has 1 aliphatic rings. The topological polar surface area (TPSA) is 112 Å². The van der Waals surface area contributed by atoms with E-state index in [4.69, 9.17) is 0 Å². The van der Waals surface area contributed by atoms with Crippen LogP contribution in [-0.2, 0) is 16.1 Å². The van der Waals surface area contributed by atoms with E-state index in [0.717, 1.165) is 10.9 Å². The molecule has 1 aliphatic heterocycles. The number of piperidine rings is 1. The Kier molecular flexibility index (Phi) is 4.90. The van der Waals surface area contributed by atoms with Crippen LogP contribution in [0.3, 0.4) is 0 Å². The molecule has 4 amide bonds. The number of aromatic nitrogens is 1. The first-order valence-corrected chi connectivity index (χ1v) is 9.27. The fraction of sp³-hybridized carbons (Fsp3) is 0.190. The summed E-state index contributed by atoms with van der Waals surface area (Å²) < 4.78 is 1.49. The van der Waals surface area contributed by atoms with Gasteiger partial charge in [0.1, 0.15) is 6.04 Å². The predicted molar refractivity (Wildman–Crippen MR) is 107 cm³/mol. The molecule has 4 rings (SSSR count). The van der Waals surface area contributed by atoms with Crippen LogP contribution >= 0.6 is 0 Å². The summed E-state index contributed by atoms with van der Waals surface area (Å²) in [5.74, 6) is -0.739. The molecule has 4 N–H and O–H groups in total. The third-order valence-electron chi connectivity index (χ3n) is 4.91. The van der Waals surface area contributed by atoms with E-state index in [9.17, 15) is 19.5 Å². The molecule has 1 saturated heterocycles. The third kappa shape index (κ3) is 3.91. The molecule has 1 unspecified atom stereocenters. The molecule has 1 atom stereocenters. The van der Waals surface area contributed by atoms with E-state index in [0.29, 0.717) is 24.0 Å². The summed E-state index contributed by atoms with van der Waals surface area (Å²) in [7, 11) is 0. The van der Waals surface area contributed by atoms with Crippen molar-refractivity contribution in [3.63, 3.8) is 0 Å². The van der Waals surface area contributed by atoms with Gasteiger partial charge >= 0.3 is 6.03 Å². The van der Waals surface area contributed by atoms with Gasteiger partial charge in [0.15, 0.2) is 5.88 Å². The highest BCUT2D eigenvalue weighted by molar-refractivity contribution is 6.00. The van der Waals surface area contributed by atoms with Crippen LogP contribution in [0, 0.1) is 0 Å². The van der Waals surface area contributed by atoms with Gasteiger partial charge in [-0.15, -0.1) is 0 Å². The molecule has 0 bridgehead atoms. The number of rotatable bonds is 4. The second-order valence-electron chi connectivity index (χ2n) is 6.92. The zero-order valence-corrected chi connectivity index (χ0v) is 15.5. The Morgan fingerprint density at radius 1 is 1.17 bits per heavy atom. The molecule has 0 aliphatic carbocycles. The lowest BCUT2D eigenvalue weighted by Crippen LogP contribution is -2.41. The minimum Gasteiger partial charge on any atom is -0.494 e. The molecular formula is C21H20N4O4. The number of carbonyl (C=O) groups is 3. The van der Waals surface area contributed by atoms with E-state index in [1.165, 1.54) is 4.57 Å². The van der Waals surface area contributed by atoms with Gasteiger partial charge in [0, 0.05) is 35.6 Å².